The second-order valence-corrected chi connectivity index (χ2v) is 8.03. The minimum Gasteiger partial charge on any atom is -0.495 e. The number of methoxy groups -OCH3 is 1. The number of amides is 2. The van der Waals surface area contributed by atoms with Crippen LogP contribution in [0.4, 0.5) is 17.1 Å². The fraction of sp³-hybridized carbons (Fsp3) is 0.263. The summed E-state index contributed by atoms with van der Waals surface area (Å²) < 4.78 is 33.2. The SMILES string of the molecule is COc1cc(S(=O)(=O)Nc2cccc(N3CCCC3=O)c2)ccc1NC(C)=O. The highest BCUT2D eigenvalue weighted by Crippen LogP contribution is 2.30. The number of ether oxygens (including phenoxy) is 1. The van der Waals surface area contributed by atoms with Crippen LogP contribution < -0.4 is 19.7 Å². The van der Waals surface area contributed by atoms with E-state index >= 15 is 0 Å². The Labute approximate surface area is 163 Å². The maximum absolute atomic E-state index is 12.8. The van der Waals surface area contributed by atoms with Gasteiger partial charge in [-0.2, -0.15) is 0 Å². The van der Waals surface area contributed by atoms with Crippen LogP contribution in [0, 0.1) is 0 Å². The van der Waals surface area contributed by atoms with E-state index in [1.807, 2.05) is 0 Å². The number of nitrogens with one attached hydrogen (secondary N) is 2. The Morgan fingerprint density at radius 3 is 2.61 bits per heavy atom. The lowest BCUT2D eigenvalue weighted by Gasteiger charge is -2.17. The van der Waals surface area contributed by atoms with E-state index in [0.717, 1.165) is 6.42 Å². The van der Waals surface area contributed by atoms with Crippen LogP contribution in [0.2, 0.25) is 0 Å². The van der Waals surface area contributed by atoms with Crippen molar-refractivity contribution in [2.24, 2.45) is 0 Å². The van der Waals surface area contributed by atoms with Crippen LogP contribution in [0.25, 0.3) is 0 Å². The summed E-state index contributed by atoms with van der Waals surface area (Å²) in [5.74, 6) is -0.0342. The zero-order chi connectivity index (χ0) is 20.3. The molecule has 0 saturated carbocycles. The maximum Gasteiger partial charge on any atom is 0.262 e. The molecule has 2 aromatic rings. The van der Waals surface area contributed by atoms with Crippen molar-refractivity contribution in [3.63, 3.8) is 0 Å². The van der Waals surface area contributed by atoms with Crippen molar-refractivity contribution in [2.75, 3.05) is 28.6 Å². The van der Waals surface area contributed by atoms with Gasteiger partial charge in [-0.25, -0.2) is 8.42 Å². The van der Waals surface area contributed by atoms with E-state index in [-0.39, 0.29) is 22.5 Å². The molecule has 2 N–H and O–H groups in total. The molecule has 148 valence electrons. The van der Waals surface area contributed by atoms with Gasteiger partial charge in [-0.3, -0.25) is 14.3 Å². The molecule has 0 atom stereocenters. The van der Waals surface area contributed by atoms with Gasteiger partial charge in [0.15, 0.2) is 0 Å². The molecule has 0 aromatic heterocycles. The summed E-state index contributed by atoms with van der Waals surface area (Å²) in [6.07, 6.45) is 1.28. The highest BCUT2D eigenvalue weighted by atomic mass is 32.2. The number of hydrogen-bond donors (Lipinski definition) is 2. The van der Waals surface area contributed by atoms with Crippen LogP contribution in [0.5, 0.6) is 5.75 Å². The molecule has 0 spiro atoms. The van der Waals surface area contributed by atoms with Crippen molar-refractivity contribution in [3.05, 3.63) is 42.5 Å². The third-order valence-electron chi connectivity index (χ3n) is 4.28. The van der Waals surface area contributed by atoms with Crippen LogP contribution in [0.1, 0.15) is 19.8 Å². The average molecular weight is 403 g/mol. The second-order valence-electron chi connectivity index (χ2n) is 6.35. The lowest BCUT2D eigenvalue weighted by Crippen LogP contribution is -2.23. The van der Waals surface area contributed by atoms with E-state index in [1.54, 1.807) is 29.2 Å². The number of sulfonamides is 1. The molecular weight excluding hydrogens is 382 g/mol. The van der Waals surface area contributed by atoms with Gasteiger partial charge in [0, 0.05) is 31.6 Å². The van der Waals surface area contributed by atoms with Gasteiger partial charge < -0.3 is 15.0 Å². The summed E-state index contributed by atoms with van der Waals surface area (Å²) in [6, 6.07) is 10.9. The van der Waals surface area contributed by atoms with Crippen LogP contribution >= 0.6 is 0 Å². The zero-order valence-electron chi connectivity index (χ0n) is 15.6. The van der Waals surface area contributed by atoms with Crippen molar-refractivity contribution in [3.8, 4) is 5.75 Å². The van der Waals surface area contributed by atoms with E-state index in [2.05, 4.69) is 10.0 Å². The number of hydrogen-bond acceptors (Lipinski definition) is 5. The molecule has 1 aliphatic heterocycles. The molecule has 1 aliphatic rings. The van der Waals surface area contributed by atoms with Gasteiger partial charge in [0.25, 0.3) is 10.0 Å². The van der Waals surface area contributed by atoms with Crippen molar-refractivity contribution >= 4 is 38.9 Å². The largest absolute Gasteiger partial charge is 0.495 e. The fourth-order valence-corrected chi connectivity index (χ4v) is 4.07. The molecule has 0 aliphatic carbocycles. The summed E-state index contributed by atoms with van der Waals surface area (Å²) in [7, 11) is -2.50. The highest BCUT2D eigenvalue weighted by molar-refractivity contribution is 7.92. The molecule has 3 rings (SSSR count). The standard InChI is InChI=1S/C19H21N3O5S/c1-13(23)20-17-9-8-16(12-18(17)27-2)28(25,26)21-14-5-3-6-15(11-14)22-10-4-7-19(22)24/h3,5-6,8-9,11-12,21H,4,7,10H2,1-2H3,(H,20,23). The highest BCUT2D eigenvalue weighted by Gasteiger charge is 2.23. The molecule has 0 bridgehead atoms. The van der Waals surface area contributed by atoms with Crippen LogP contribution in [-0.4, -0.2) is 33.9 Å². The van der Waals surface area contributed by atoms with E-state index < -0.39 is 10.0 Å². The predicted molar refractivity (Wildman–Crippen MR) is 106 cm³/mol. The Balaban J connectivity index is 1.86. The smallest absolute Gasteiger partial charge is 0.262 e. The Bertz CT molecular complexity index is 1020. The third kappa shape index (κ3) is 4.25. The normalized spacial score (nSPS) is 14.1. The molecule has 0 unspecified atom stereocenters. The predicted octanol–water partition coefficient (Wildman–Crippen LogP) is 2.58. The molecule has 1 fully saturated rings. The van der Waals surface area contributed by atoms with Gasteiger partial charge >= 0.3 is 0 Å². The zero-order valence-corrected chi connectivity index (χ0v) is 16.4. The molecule has 28 heavy (non-hydrogen) atoms. The quantitative estimate of drug-likeness (QED) is 0.771. The molecule has 2 aromatic carbocycles. The molecular formula is C19H21N3O5S. The van der Waals surface area contributed by atoms with Gasteiger partial charge in [-0.05, 0) is 36.8 Å². The van der Waals surface area contributed by atoms with E-state index in [9.17, 15) is 18.0 Å². The first-order chi connectivity index (χ1) is 13.3. The van der Waals surface area contributed by atoms with Gasteiger partial charge in [0.2, 0.25) is 11.8 Å². The Morgan fingerprint density at radius 1 is 1.18 bits per heavy atom. The number of anilines is 3. The first-order valence-electron chi connectivity index (χ1n) is 8.69. The lowest BCUT2D eigenvalue weighted by atomic mass is 10.2. The lowest BCUT2D eigenvalue weighted by molar-refractivity contribution is -0.117. The number of benzene rings is 2. The van der Waals surface area contributed by atoms with E-state index in [1.165, 1.54) is 32.2 Å². The van der Waals surface area contributed by atoms with Gasteiger partial charge in [-0.15, -0.1) is 0 Å². The molecule has 1 heterocycles. The van der Waals surface area contributed by atoms with Crippen molar-refractivity contribution in [1.82, 2.24) is 0 Å². The van der Waals surface area contributed by atoms with Crippen molar-refractivity contribution in [2.45, 2.75) is 24.7 Å². The minimum absolute atomic E-state index is 0.0129. The van der Waals surface area contributed by atoms with Crippen molar-refractivity contribution < 1.29 is 22.7 Å². The summed E-state index contributed by atoms with van der Waals surface area (Å²) in [4.78, 5) is 24.8. The van der Waals surface area contributed by atoms with E-state index in [4.69, 9.17) is 4.74 Å². The first kappa shape index (κ1) is 19.7. The van der Waals surface area contributed by atoms with Crippen LogP contribution in [-0.2, 0) is 19.6 Å². The number of nitrogens with zero attached hydrogens (tertiary/aromatic N) is 1. The van der Waals surface area contributed by atoms with Gasteiger partial charge in [0.1, 0.15) is 5.75 Å². The summed E-state index contributed by atoms with van der Waals surface area (Å²) >= 11 is 0. The Kier molecular flexibility index (Phi) is 5.55. The second kappa shape index (κ2) is 7.89. The number of rotatable bonds is 6. The van der Waals surface area contributed by atoms with Crippen LogP contribution in [0.3, 0.4) is 0 Å². The van der Waals surface area contributed by atoms with Crippen molar-refractivity contribution in [1.29, 1.82) is 0 Å². The maximum atomic E-state index is 12.8. The molecule has 1 saturated heterocycles. The van der Waals surface area contributed by atoms with Gasteiger partial charge in [-0.1, -0.05) is 6.07 Å². The van der Waals surface area contributed by atoms with Gasteiger partial charge in [0.05, 0.1) is 23.4 Å². The first-order valence-corrected chi connectivity index (χ1v) is 10.2. The molecule has 9 heteroatoms. The third-order valence-corrected chi connectivity index (χ3v) is 5.66. The minimum atomic E-state index is -3.89. The molecule has 8 nitrogen and oxygen atoms in total. The van der Waals surface area contributed by atoms with Crippen LogP contribution in [0.15, 0.2) is 47.4 Å². The molecule has 2 amide bonds. The topological polar surface area (TPSA) is 105 Å². The number of carbonyl (C=O) groups excluding carboxylic acids is 2. The summed E-state index contributed by atoms with van der Waals surface area (Å²) in [6.45, 7) is 1.97. The molecule has 0 radical (unpaired) electrons. The fourth-order valence-electron chi connectivity index (χ4n) is 3.00. The summed E-state index contributed by atoms with van der Waals surface area (Å²) in [5, 5.41) is 2.58. The Morgan fingerprint density at radius 2 is 1.96 bits per heavy atom. The van der Waals surface area contributed by atoms with E-state index in [0.29, 0.717) is 30.0 Å². The Hall–Kier alpha value is -3.07. The number of carbonyl (C=O) groups is 2. The monoisotopic (exact) mass is 403 g/mol. The average Bonchev–Trinajstić information content (AvgIpc) is 3.07. The summed E-state index contributed by atoms with van der Waals surface area (Å²) in [5.41, 5.74) is 1.38.